The monoisotopic (exact) mass is 371 g/mol. The van der Waals surface area contributed by atoms with E-state index >= 15 is 0 Å². The van der Waals surface area contributed by atoms with Gasteiger partial charge < -0.3 is 10.1 Å². The second-order valence-corrected chi connectivity index (χ2v) is 6.68. The van der Waals surface area contributed by atoms with E-state index in [1.807, 2.05) is 67.6 Å². The van der Waals surface area contributed by atoms with Gasteiger partial charge in [0.05, 0.1) is 5.92 Å². The van der Waals surface area contributed by atoms with E-state index in [9.17, 15) is 9.59 Å². The molecule has 138 valence electrons. The van der Waals surface area contributed by atoms with Crippen molar-refractivity contribution in [1.82, 2.24) is 5.32 Å². The minimum absolute atomic E-state index is 0.00115. The van der Waals surface area contributed by atoms with Crippen molar-refractivity contribution in [2.75, 3.05) is 5.75 Å². The number of hydrogen-bond acceptors (Lipinski definition) is 4. The Bertz CT molecular complexity index is 706. The topological polar surface area (TPSA) is 55.4 Å². The molecule has 2 rings (SSSR count). The van der Waals surface area contributed by atoms with Gasteiger partial charge in [0.25, 0.3) is 0 Å². The van der Waals surface area contributed by atoms with E-state index < -0.39 is 12.0 Å². The summed E-state index contributed by atoms with van der Waals surface area (Å²) in [6.45, 7) is 3.82. The molecular formula is C21H25NO3S. The van der Waals surface area contributed by atoms with Crippen LogP contribution in [0.4, 0.5) is 0 Å². The van der Waals surface area contributed by atoms with Crippen LogP contribution >= 0.6 is 12.6 Å². The van der Waals surface area contributed by atoms with Crippen LogP contribution in [-0.4, -0.2) is 23.7 Å². The van der Waals surface area contributed by atoms with Crippen LogP contribution in [0.1, 0.15) is 30.9 Å². The summed E-state index contributed by atoms with van der Waals surface area (Å²) in [5.74, 6) is -0.576. The van der Waals surface area contributed by atoms with E-state index in [0.717, 1.165) is 11.1 Å². The van der Waals surface area contributed by atoms with Gasteiger partial charge in [-0.05, 0) is 24.0 Å². The first kappa shape index (κ1) is 20.0. The lowest BCUT2D eigenvalue weighted by Gasteiger charge is -2.23. The largest absolute Gasteiger partial charge is 0.459 e. The molecule has 0 saturated carbocycles. The van der Waals surface area contributed by atoms with Crippen LogP contribution in [0.2, 0.25) is 0 Å². The molecular weight excluding hydrogens is 346 g/mol. The van der Waals surface area contributed by atoms with E-state index in [1.165, 1.54) is 0 Å². The van der Waals surface area contributed by atoms with E-state index in [2.05, 4.69) is 17.9 Å². The number of rotatable bonds is 8. The molecule has 0 spiro atoms. The van der Waals surface area contributed by atoms with Crippen molar-refractivity contribution in [2.24, 2.45) is 5.92 Å². The predicted molar refractivity (Wildman–Crippen MR) is 106 cm³/mol. The Morgan fingerprint density at radius 2 is 1.58 bits per heavy atom. The van der Waals surface area contributed by atoms with Crippen molar-refractivity contribution in [3.05, 3.63) is 71.8 Å². The highest BCUT2D eigenvalue weighted by atomic mass is 32.1. The maximum Gasteiger partial charge on any atom is 0.328 e. The first-order valence-corrected chi connectivity index (χ1v) is 9.33. The predicted octanol–water partition coefficient (Wildman–Crippen LogP) is 3.58. The fourth-order valence-corrected chi connectivity index (χ4v) is 3.17. The van der Waals surface area contributed by atoms with Crippen molar-refractivity contribution in [1.29, 1.82) is 0 Å². The second-order valence-electron chi connectivity index (χ2n) is 6.31. The lowest BCUT2D eigenvalue weighted by Crippen LogP contribution is -2.44. The summed E-state index contributed by atoms with van der Waals surface area (Å²) >= 11 is 4.33. The lowest BCUT2D eigenvalue weighted by atomic mass is 9.88. The Morgan fingerprint density at radius 3 is 2.15 bits per heavy atom. The van der Waals surface area contributed by atoms with Gasteiger partial charge in [-0.2, -0.15) is 12.6 Å². The third kappa shape index (κ3) is 5.63. The average molecular weight is 372 g/mol. The smallest absolute Gasteiger partial charge is 0.328 e. The Kier molecular flexibility index (Phi) is 7.73. The van der Waals surface area contributed by atoms with Crippen LogP contribution in [0, 0.1) is 5.92 Å². The van der Waals surface area contributed by atoms with Gasteiger partial charge >= 0.3 is 5.97 Å². The molecule has 0 fully saturated rings. The summed E-state index contributed by atoms with van der Waals surface area (Å²) in [7, 11) is 0. The maximum atomic E-state index is 12.6. The molecule has 0 aliphatic carbocycles. The van der Waals surface area contributed by atoms with Crippen molar-refractivity contribution in [2.45, 2.75) is 32.4 Å². The summed E-state index contributed by atoms with van der Waals surface area (Å²) < 4.78 is 5.28. The minimum atomic E-state index is -0.712. The van der Waals surface area contributed by atoms with Crippen LogP contribution in [-0.2, 0) is 20.9 Å². The zero-order valence-electron chi connectivity index (χ0n) is 15.1. The van der Waals surface area contributed by atoms with Crippen molar-refractivity contribution in [3.63, 3.8) is 0 Å². The highest BCUT2D eigenvalue weighted by Gasteiger charge is 2.27. The number of amides is 1. The molecule has 0 bridgehead atoms. The molecule has 0 saturated heterocycles. The van der Waals surface area contributed by atoms with Crippen LogP contribution in [0.15, 0.2) is 60.7 Å². The summed E-state index contributed by atoms with van der Waals surface area (Å²) in [6.07, 6.45) is 0. The fourth-order valence-electron chi connectivity index (χ4n) is 2.69. The number of carbonyl (C=O) groups is 2. The Hall–Kier alpha value is -2.27. The van der Waals surface area contributed by atoms with E-state index in [0.29, 0.717) is 5.75 Å². The SMILES string of the molecule is C[C@H](NC(=O)[C@@H](CS)[C@@H](C)c1ccccc1)C(=O)OCc1ccccc1. The molecule has 0 heterocycles. The van der Waals surface area contributed by atoms with Crippen molar-refractivity contribution >= 4 is 24.5 Å². The van der Waals surface area contributed by atoms with Gasteiger partial charge in [0.1, 0.15) is 12.6 Å². The standard InChI is InChI=1S/C21H25NO3S/c1-15(18-11-7-4-8-12-18)19(14-26)20(23)22-16(2)21(24)25-13-17-9-5-3-6-10-17/h3-12,15-16,19,26H,13-14H2,1-2H3,(H,22,23)/t15-,16-,19-/m0/s1. The summed E-state index contributed by atoms with van der Waals surface area (Å²) in [6, 6.07) is 18.5. The van der Waals surface area contributed by atoms with E-state index in [1.54, 1.807) is 6.92 Å². The Labute approximate surface area is 160 Å². The first-order chi connectivity index (χ1) is 12.5. The molecule has 0 aliphatic rings. The van der Waals surface area contributed by atoms with E-state index in [-0.39, 0.29) is 24.3 Å². The molecule has 2 aromatic rings. The molecule has 2 aromatic carbocycles. The van der Waals surface area contributed by atoms with Gasteiger partial charge in [-0.1, -0.05) is 67.6 Å². The zero-order valence-corrected chi connectivity index (χ0v) is 16.0. The Morgan fingerprint density at radius 1 is 1.00 bits per heavy atom. The van der Waals surface area contributed by atoms with Crippen LogP contribution in [0.5, 0.6) is 0 Å². The quantitative estimate of drug-likeness (QED) is 0.551. The average Bonchev–Trinajstić information content (AvgIpc) is 2.68. The lowest BCUT2D eigenvalue weighted by molar-refractivity contribution is -0.149. The third-order valence-corrected chi connectivity index (χ3v) is 4.79. The van der Waals surface area contributed by atoms with Crippen LogP contribution < -0.4 is 5.32 Å². The highest BCUT2D eigenvalue weighted by Crippen LogP contribution is 2.25. The van der Waals surface area contributed by atoms with Gasteiger partial charge in [-0.15, -0.1) is 0 Å². The Balaban J connectivity index is 1.90. The van der Waals surface area contributed by atoms with Crippen LogP contribution in [0.25, 0.3) is 0 Å². The normalized spacial score (nSPS) is 14.1. The fraction of sp³-hybridized carbons (Fsp3) is 0.333. The third-order valence-electron chi connectivity index (χ3n) is 4.40. The minimum Gasteiger partial charge on any atom is -0.459 e. The molecule has 4 nitrogen and oxygen atoms in total. The molecule has 0 aromatic heterocycles. The molecule has 1 N–H and O–H groups in total. The first-order valence-electron chi connectivity index (χ1n) is 8.69. The van der Waals surface area contributed by atoms with Gasteiger partial charge in [-0.3, -0.25) is 4.79 Å². The number of nitrogens with one attached hydrogen (secondary N) is 1. The van der Waals surface area contributed by atoms with Gasteiger partial charge in [0.15, 0.2) is 0 Å². The molecule has 0 unspecified atom stereocenters. The molecule has 26 heavy (non-hydrogen) atoms. The zero-order chi connectivity index (χ0) is 18.9. The number of ether oxygens (including phenoxy) is 1. The van der Waals surface area contributed by atoms with E-state index in [4.69, 9.17) is 4.74 Å². The van der Waals surface area contributed by atoms with Crippen molar-refractivity contribution < 1.29 is 14.3 Å². The van der Waals surface area contributed by atoms with Gasteiger partial charge in [-0.25, -0.2) is 4.79 Å². The van der Waals surface area contributed by atoms with Crippen molar-refractivity contribution in [3.8, 4) is 0 Å². The molecule has 5 heteroatoms. The number of carbonyl (C=O) groups excluding carboxylic acids is 2. The molecule has 0 aliphatic heterocycles. The maximum absolute atomic E-state index is 12.6. The second kappa shape index (κ2) is 10.0. The number of hydrogen-bond donors (Lipinski definition) is 2. The molecule has 0 radical (unpaired) electrons. The summed E-state index contributed by atoms with van der Waals surface area (Å²) in [5, 5.41) is 2.76. The van der Waals surface area contributed by atoms with Gasteiger partial charge in [0, 0.05) is 5.75 Å². The summed E-state index contributed by atoms with van der Waals surface area (Å²) in [4.78, 5) is 24.8. The molecule has 3 atom stereocenters. The molecule has 1 amide bonds. The highest BCUT2D eigenvalue weighted by molar-refractivity contribution is 7.80. The summed E-state index contributed by atoms with van der Waals surface area (Å²) in [5.41, 5.74) is 1.98. The number of benzene rings is 2. The number of esters is 1. The van der Waals surface area contributed by atoms with Crippen LogP contribution in [0.3, 0.4) is 0 Å². The number of thiol groups is 1. The van der Waals surface area contributed by atoms with Gasteiger partial charge in [0.2, 0.25) is 5.91 Å².